The fourth-order valence-corrected chi connectivity index (χ4v) is 2.06. The number of benzene rings is 2. The van der Waals surface area contributed by atoms with Crippen LogP contribution < -0.4 is 4.74 Å². The van der Waals surface area contributed by atoms with Gasteiger partial charge in [0.25, 0.3) is 0 Å². The Kier molecular flexibility index (Phi) is 3.85. The van der Waals surface area contributed by atoms with Crippen molar-refractivity contribution < 1.29 is 19.0 Å². The van der Waals surface area contributed by atoms with E-state index in [9.17, 15) is 9.18 Å². The van der Waals surface area contributed by atoms with Gasteiger partial charge in [-0.2, -0.15) is 0 Å². The van der Waals surface area contributed by atoms with Crippen molar-refractivity contribution in [2.24, 2.45) is 0 Å². The van der Waals surface area contributed by atoms with Crippen LogP contribution >= 0.6 is 15.9 Å². The highest BCUT2D eigenvalue weighted by molar-refractivity contribution is 9.10. The molecular formula is C14H10BrFO3. The van der Waals surface area contributed by atoms with Crippen LogP contribution in [0.25, 0.3) is 0 Å². The van der Waals surface area contributed by atoms with Gasteiger partial charge in [-0.3, -0.25) is 0 Å². The molecule has 0 atom stereocenters. The number of aromatic carboxylic acids is 1. The highest BCUT2D eigenvalue weighted by atomic mass is 79.9. The molecule has 3 nitrogen and oxygen atoms in total. The van der Waals surface area contributed by atoms with Gasteiger partial charge in [-0.25, -0.2) is 9.18 Å². The first-order valence-electron chi connectivity index (χ1n) is 5.45. The van der Waals surface area contributed by atoms with Crippen molar-refractivity contribution in [2.75, 3.05) is 0 Å². The van der Waals surface area contributed by atoms with E-state index in [2.05, 4.69) is 15.9 Å². The summed E-state index contributed by atoms with van der Waals surface area (Å²) < 4.78 is 19.0. The van der Waals surface area contributed by atoms with Gasteiger partial charge in [0, 0.05) is 0 Å². The fraction of sp³-hybridized carbons (Fsp3) is 0.0714. The molecule has 2 aromatic carbocycles. The third kappa shape index (κ3) is 2.93. The molecule has 0 unspecified atom stereocenters. The van der Waals surface area contributed by atoms with E-state index >= 15 is 0 Å². The lowest BCUT2D eigenvalue weighted by molar-refractivity contribution is 0.0694. The zero-order valence-electron chi connectivity index (χ0n) is 9.98. The van der Waals surface area contributed by atoms with Crippen LogP contribution in [0.1, 0.15) is 15.9 Å². The Morgan fingerprint density at radius 3 is 2.68 bits per heavy atom. The molecule has 0 amide bonds. The minimum absolute atomic E-state index is 0.0659. The van der Waals surface area contributed by atoms with Gasteiger partial charge < -0.3 is 9.84 Å². The van der Waals surface area contributed by atoms with E-state index in [1.165, 1.54) is 24.3 Å². The number of hydrogen-bond donors (Lipinski definition) is 1. The highest BCUT2D eigenvalue weighted by Gasteiger charge is 2.15. The van der Waals surface area contributed by atoms with E-state index < -0.39 is 11.8 Å². The maximum absolute atomic E-state index is 13.0. The third-order valence-electron chi connectivity index (χ3n) is 2.55. The lowest BCUT2D eigenvalue weighted by Crippen LogP contribution is -2.01. The molecule has 0 aliphatic carbocycles. The van der Waals surface area contributed by atoms with E-state index in [1.807, 2.05) is 0 Å². The Morgan fingerprint density at radius 2 is 2.05 bits per heavy atom. The number of halogens is 2. The molecular weight excluding hydrogens is 315 g/mol. The molecule has 2 rings (SSSR count). The predicted molar refractivity (Wildman–Crippen MR) is 72.3 cm³/mol. The smallest absolute Gasteiger partial charge is 0.339 e. The van der Waals surface area contributed by atoms with E-state index in [-0.39, 0.29) is 11.3 Å². The maximum Gasteiger partial charge on any atom is 0.339 e. The molecule has 19 heavy (non-hydrogen) atoms. The highest BCUT2D eigenvalue weighted by Crippen LogP contribution is 2.34. The molecule has 1 N–H and O–H groups in total. The van der Waals surface area contributed by atoms with Crippen LogP contribution in [-0.4, -0.2) is 11.1 Å². The molecule has 0 saturated carbocycles. The van der Waals surface area contributed by atoms with Crippen molar-refractivity contribution in [1.82, 2.24) is 0 Å². The summed E-state index contributed by atoms with van der Waals surface area (Å²) in [6.45, 7) is 1.75. The standard InChI is InChI=1S/C14H10BrFO3/c1-8-3-2-4-10(14(17)18)13(8)19-12-6-5-9(16)7-11(12)15/h2-7H,1H3,(H,17,18). The molecule has 0 aliphatic heterocycles. The van der Waals surface area contributed by atoms with E-state index in [0.717, 1.165) is 0 Å². The van der Waals surface area contributed by atoms with Crippen LogP contribution in [0, 0.1) is 12.7 Å². The van der Waals surface area contributed by atoms with Crippen LogP contribution in [0.5, 0.6) is 11.5 Å². The summed E-state index contributed by atoms with van der Waals surface area (Å²) in [6.07, 6.45) is 0. The summed E-state index contributed by atoms with van der Waals surface area (Å²) >= 11 is 3.18. The van der Waals surface area contributed by atoms with Crippen LogP contribution in [0.4, 0.5) is 4.39 Å². The van der Waals surface area contributed by atoms with Gasteiger partial charge in [0.1, 0.15) is 22.9 Å². The molecule has 0 fully saturated rings. The normalized spacial score (nSPS) is 10.3. The summed E-state index contributed by atoms with van der Waals surface area (Å²) in [6, 6.07) is 8.80. The van der Waals surface area contributed by atoms with E-state index in [0.29, 0.717) is 15.8 Å². The Balaban J connectivity index is 2.46. The second-order valence-corrected chi connectivity index (χ2v) is 4.79. The Morgan fingerprint density at radius 1 is 1.32 bits per heavy atom. The van der Waals surface area contributed by atoms with Gasteiger partial charge in [-0.15, -0.1) is 0 Å². The van der Waals surface area contributed by atoms with Gasteiger partial charge in [0.2, 0.25) is 0 Å². The number of carboxylic acids is 1. The monoisotopic (exact) mass is 324 g/mol. The number of ether oxygens (including phenoxy) is 1. The Bertz CT molecular complexity index is 641. The topological polar surface area (TPSA) is 46.5 Å². The molecule has 0 heterocycles. The Hall–Kier alpha value is -1.88. The zero-order chi connectivity index (χ0) is 14.0. The van der Waals surface area contributed by atoms with Gasteiger partial charge >= 0.3 is 5.97 Å². The lowest BCUT2D eigenvalue weighted by Gasteiger charge is -2.12. The van der Waals surface area contributed by atoms with E-state index in [4.69, 9.17) is 9.84 Å². The van der Waals surface area contributed by atoms with Gasteiger partial charge in [-0.05, 0) is 52.7 Å². The number of aryl methyl sites for hydroxylation is 1. The molecule has 98 valence electrons. The van der Waals surface area contributed by atoms with Crippen molar-refractivity contribution in [1.29, 1.82) is 0 Å². The van der Waals surface area contributed by atoms with Crippen molar-refractivity contribution in [2.45, 2.75) is 6.92 Å². The number of para-hydroxylation sites is 1. The first kappa shape index (κ1) is 13.5. The largest absolute Gasteiger partial charge is 0.478 e. The second-order valence-electron chi connectivity index (χ2n) is 3.93. The van der Waals surface area contributed by atoms with Crippen LogP contribution in [0.3, 0.4) is 0 Å². The Labute approximate surface area is 117 Å². The quantitative estimate of drug-likeness (QED) is 0.910. The maximum atomic E-state index is 13.0. The molecule has 0 saturated heterocycles. The minimum Gasteiger partial charge on any atom is -0.478 e. The van der Waals surface area contributed by atoms with Gasteiger partial charge in [0.15, 0.2) is 0 Å². The average Bonchev–Trinajstić information content (AvgIpc) is 2.34. The van der Waals surface area contributed by atoms with Crippen LogP contribution in [0.15, 0.2) is 40.9 Å². The molecule has 0 spiro atoms. The first-order valence-corrected chi connectivity index (χ1v) is 6.24. The number of carbonyl (C=O) groups is 1. The van der Waals surface area contributed by atoms with Crippen LogP contribution in [-0.2, 0) is 0 Å². The van der Waals surface area contributed by atoms with Crippen molar-refractivity contribution in [3.63, 3.8) is 0 Å². The zero-order valence-corrected chi connectivity index (χ0v) is 11.6. The lowest BCUT2D eigenvalue weighted by atomic mass is 10.1. The molecule has 0 bridgehead atoms. The van der Waals surface area contributed by atoms with Crippen molar-refractivity contribution in [3.05, 3.63) is 57.8 Å². The van der Waals surface area contributed by atoms with E-state index in [1.54, 1.807) is 19.1 Å². The SMILES string of the molecule is Cc1cccc(C(=O)O)c1Oc1ccc(F)cc1Br. The predicted octanol–water partition coefficient (Wildman–Crippen LogP) is 4.39. The molecule has 0 aliphatic rings. The average molecular weight is 325 g/mol. The second kappa shape index (κ2) is 5.40. The number of rotatable bonds is 3. The summed E-state index contributed by atoms with van der Waals surface area (Å²) in [5, 5.41) is 9.13. The molecule has 0 radical (unpaired) electrons. The molecule has 2 aromatic rings. The molecule has 0 aromatic heterocycles. The van der Waals surface area contributed by atoms with Crippen molar-refractivity contribution in [3.8, 4) is 11.5 Å². The summed E-state index contributed by atoms with van der Waals surface area (Å²) in [7, 11) is 0. The first-order chi connectivity index (χ1) is 8.99. The van der Waals surface area contributed by atoms with Crippen LogP contribution in [0.2, 0.25) is 0 Å². The van der Waals surface area contributed by atoms with Crippen molar-refractivity contribution >= 4 is 21.9 Å². The van der Waals surface area contributed by atoms with Gasteiger partial charge in [0.05, 0.1) is 4.47 Å². The minimum atomic E-state index is -1.07. The number of hydrogen-bond acceptors (Lipinski definition) is 2. The fourth-order valence-electron chi connectivity index (χ4n) is 1.62. The third-order valence-corrected chi connectivity index (χ3v) is 3.17. The molecule has 5 heteroatoms. The summed E-state index contributed by atoms with van der Waals surface area (Å²) in [4.78, 5) is 11.2. The summed E-state index contributed by atoms with van der Waals surface area (Å²) in [5.74, 6) is -0.861. The number of carboxylic acid groups (broad SMARTS) is 1. The van der Waals surface area contributed by atoms with Gasteiger partial charge in [-0.1, -0.05) is 12.1 Å². The summed E-state index contributed by atoms with van der Waals surface area (Å²) in [5.41, 5.74) is 0.757.